The van der Waals surface area contributed by atoms with Crippen molar-refractivity contribution in [1.29, 1.82) is 0 Å². The first-order valence-electron chi connectivity index (χ1n) is 10.6. The lowest BCUT2D eigenvalue weighted by molar-refractivity contribution is -0.138. The van der Waals surface area contributed by atoms with Crippen molar-refractivity contribution in [1.82, 2.24) is 5.32 Å². The van der Waals surface area contributed by atoms with Crippen molar-refractivity contribution < 1.29 is 28.6 Å². The third-order valence-corrected chi connectivity index (χ3v) is 5.17. The SMILES string of the molecule is CCOC(=O)C1=CC2c3c(cc(C#CCNC(=O)OC(C)(C)C)cc3C1=O)OCC2(C)C. The number of ether oxygens (including phenoxy) is 3. The number of alkyl carbamates (subject to hydrolysis) is 1. The molecule has 0 saturated heterocycles. The Kier molecular flexibility index (Phi) is 6.36. The molecule has 0 aromatic heterocycles. The summed E-state index contributed by atoms with van der Waals surface area (Å²) in [5, 5.41) is 2.57. The van der Waals surface area contributed by atoms with Crippen LogP contribution in [0.15, 0.2) is 23.8 Å². The van der Waals surface area contributed by atoms with Crippen molar-refractivity contribution >= 4 is 17.8 Å². The number of allylic oxidation sites excluding steroid dienone is 1. The topological polar surface area (TPSA) is 90.9 Å². The predicted molar refractivity (Wildman–Crippen MR) is 119 cm³/mol. The van der Waals surface area contributed by atoms with E-state index in [1.54, 1.807) is 45.9 Å². The largest absolute Gasteiger partial charge is 0.493 e. The number of Topliss-reactive ketones (excluding diaryl/α,β-unsaturated/α-hetero) is 1. The van der Waals surface area contributed by atoms with Crippen LogP contribution in [0.5, 0.6) is 5.75 Å². The van der Waals surface area contributed by atoms with Gasteiger partial charge in [0.15, 0.2) is 0 Å². The van der Waals surface area contributed by atoms with Crippen molar-refractivity contribution in [2.24, 2.45) is 5.41 Å². The van der Waals surface area contributed by atoms with Crippen LogP contribution in [0.1, 0.15) is 68.9 Å². The zero-order chi connectivity index (χ0) is 23.7. The molecule has 1 aromatic rings. The van der Waals surface area contributed by atoms with E-state index in [0.717, 1.165) is 5.56 Å². The molecule has 1 amide bonds. The second-order valence-corrected chi connectivity index (χ2v) is 9.48. The van der Waals surface area contributed by atoms with E-state index < -0.39 is 23.4 Å². The van der Waals surface area contributed by atoms with Gasteiger partial charge in [0.2, 0.25) is 5.78 Å². The highest BCUT2D eigenvalue weighted by Crippen LogP contribution is 2.50. The third kappa shape index (κ3) is 4.96. The maximum absolute atomic E-state index is 13.1. The summed E-state index contributed by atoms with van der Waals surface area (Å²) in [4.78, 5) is 37.3. The van der Waals surface area contributed by atoms with E-state index in [4.69, 9.17) is 14.2 Å². The van der Waals surface area contributed by atoms with Crippen LogP contribution in [0.25, 0.3) is 0 Å². The summed E-state index contributed by atoms with van der Waals surface area (Å²) >= 11 is 0. The fraction of sp³-hybridized carbons (Fsp3) is 0.480. The highest BCUT2D eigenvalue weighted by atomic mass is 16.6. The van der Waals surface area contributed by atoms with Crippen LogP contribution in [0, 0.1) is 17.3 Å². The van der Waals surface area contributed by atoms with Gasteiger partial charge in [-0.15, -0.1) is 0 Å². The monoisotopic (exact) mass is 439 g/mol. The van der Waals surface area contributed by atoms with Gasteiger partial charge in [-0.05, 0) is 39.8 Å². The minimum atomic E-state index is -0.620. The molecular formula is C25H29NO6. The fourth-order valence-electron chi connectivity index (χ4n) is 3.71. The molecule has 1 unspecified atom stereocenters. The normalized spacial score (nSPS) is 18.2. The second-order valence-electron chi connectivity index (χ2n) is 9.48. The number of carbonyl (C=O) groups is 3. The van der Waals surface area contributed by atoms with Gasteiger partial charge in [-0.2, -0.15) is 0 Å². The Morgan fingerprint density at radius 1 is 1.28 bits per heavy atom. The highest BCUT2D eigenvalue weighted by molar-refractivity contribution is 6.26. The zero-order valence-corrected chi connectivity index (χ0v) is 19.4. The molecule has 0 radical (unpaired) electrons. The molecule has 2 aliphatic rings. The van der Waals surface area contributed by atoms with Gasteiger partial charge in [0.05, 0.1) is 19.8 Å². The van der Waals surface area contributed by atoms with Crippen LogP contribution in [-0.2, 0) is 14.3 Å². The number of amides is 1. The number of hydrogen-bond donors (Lipinski definition) is 1. The van der Waals surface area contributed by atoms with E-state index in [9.17, 15) is 14.4 Å². The van der Waals surface area contributed by atoms with Crippen molar-refractivity contribution in [3.05, 3.63) is 40.5 Å². The van der Waals surface area contributed by atoms with Crippen LogP contribution in [0.4, 0.5) is 4.79 Å². The van der Waals surface area contributed by atoms with Crippen molar-refractivity contribution in [3.8, 4) is 17.6 Å². The van der Waals surface area contributed by atoms with Crippen LogP contribution < -0.4 is 10.1 Å². The smallest absolute Gasteiger partial charge is 0.408 e. The Hall–Kier alpha value is -3.27. The number of rotatable bonds is 3. The van der Waals surface area contributed by atoms with E-state index in [1.165, 1.54) is 0 Å². The Bertz CT molecular complexity index is 1050. The summed E-state index contributed by atoms with van der Waals surface area (Å²) < 4.78 is 16.2. The van der Waals surface area contributed by atoms with Gasteiger partial charge in [-0.1, -0.05) is 31.8 Å². The van der Waals surface area contributed by atoms with Crippen molar-refractivity contribution in [2.45, 2.75) is 53.1 Å². The van der Waals surface area contributed by atoms with Gasteiger partial charge >= 0.3 is 12.1 Å². The summed E-state index contributed by atoms with van der Waals surface area (Å²) in [5.41, 5.74) is 0.880. The standard InChI is InChI=1S/C25H29NO6/c1-7-30-22(28)17-13-18-20-16(21(17)27)11-15(12-19(20)31-14-25(18,5)6)9-8-10-26-23(29)32-24(2,3)4/h11-13,18H,7,10,14H2,1-6H3,(H,26,29). The van der Waals surface area contributed by atoms with E-state index in [0.29, 0.717) is 23.5 Å². The summed E-state index contributed by atoms with van der Waals surface area (Å²) in [6, 6.07) is 3.46. The molecule has 1 aliphatic carbocycles. The molecule has 1 N–H and O–H groups in total. The van der Waals surface area contributed by atoms with Crippen molar-refractivity contribution in [2.75, 3.05) is 19.8 Å². The first-order chi connectivity index (χ1) is 14.9. The number of carbonyl (C=O) groups excluding carboxylic acids is 3. The van der Waals surface area contributed by atoms with Gasteiger partial charge in [0.1, 0.15) is 16.9 Å². The number of benzene rings is 1. The molecule has 1 aliphatic heterocycles. The van der Waals surface area contributed by atoms with Crippen LogP contribution in [0.2, 0.25) is 0 Å². The Balaban J connectivity index is 1.90. The molecule has 0 spiro atoms. The van der Waals surface area contributed by atoms with Gasteiger partial charge in [0.25, 0.3) is 0 Å². The summed E-state index contributed by atoms with van der Waals surface area (Å²) in [6.45, 7) is 11.8. The molecule has 0 bridgehead atoms. The number of ketones is 1. The van der Waals surface area contributed by atoms with Crippen LogP contribution >= 0.6 is 0 Å². The number of esters is 1. The fourth-order valence-corrected chi connectivity index (χ4v) is 3.71. The molecule has 7 nitrogen and oxygen atoms in total. The molecule has 1 heterocycles. The minimum Gasteiger partial charge on any atom is -0.493 e. The Morgan fingerprint density at radius 2 is 2.00 bits per heavy atom. The molecule has 32 heavy (non-hydrogen) atoms. The summed E-state index contributed by atoms with van der Waals surface area (Å²) in [7, 11) is 0. The van der Waals surface area contributed by atoms with E-state index in [2.05, 4.69) is 17.2 Å². The van der Waals surface area contributed by atoms with E-state index >= 15 is 0 Å². The zero-order valence-electron chi connectivity index (χ0n) is 19.4. The lowest BCUT2D eigenvalue weighted by Crippen LogP contribution is -2.37. The molecule has 170 valence electrons. The van der Waals surface area contributed by atoms with Crippen molar-refractivity contribution in [3.63, 3.8) is 0 Å². The van der Waals surface area contributed by atoms with Gasteiger partial charge in [-0.3, -0.25) is 4.79 Å². The average Bonchev–Trinajstić information content (AvgIpc) is 2.68. The Labute approximate surface area is 188 Å². The first kappa shape index (κ1) is 23.4. The number of nitrogens with one attached hydrogen (secondary N) is 1. The molecule has 7 heteroatoms. The molecule has 1 aromatic carbocycles. The molecular weight excluding hydrogens is 410 g/mol. The molecule has 0 saturated carbocycles. The summed E-state index contributed by atoms with van der Waals surface area (Å²) in [6.07, 6.45) is 1.16. The Morgan fingerprint density at radius 3 is 2.66 bits per heavy atom. The average molecular weight is 440 g/mol. The predicted octanol–water partition coefficient (Wildman–Crippen LogP) is 3.75. The lowest BCUT2D eigenvalue weighted by Gasteiger charge is -2.41. The first-order valence-corrected chi connectivity index (χ1v) is 10.6. The maximum Gasteiger partial charge on any atom is 0.408 e. The maximum atomic E-state index is 13.1. The van der Waals surface area contributed by atoms with E-state index in [-0.39, 0.29) is 30.1 Å². The second kappa shape index (κ2) is 8.70. The quantitative estimate of drug-likeness (QED) is 0.438. The lowest BCUT2D eigenvalue weighted by atomic mass is 9.68. The van der Waals surface area contributed by atoms with Crippen LogP contribution in [-0.4, -0.2) is 43.2 Å². The number of hydrogen-bond acceptors (Lipinski definition) is 6. The third-order valence-electron chi connectivity index (χ3n) is 5.17. The van der Waals surface area contributed by atoms with Gasteiger partial charge < -0.3 is 19.5 Å². The molecule has 1 atom stereocenters. The van der Waals surface area contributed by atoms with Crippen LogP contribution in [0.3, 0.4) is 0 Å². The van der Waals surface area contributed by atoms with E-state index in [1.807, 2.05) is 13.8 Å². The minimum absolute atomic E-state index is 0.0435. The summed E-state index contributed by atoms with van der Waals surface area (Å²) in [5.74, 6) is 5.22. The molecule has 3 rings (SSSR count). The highest BCUT2D eigenvalue weighted by Gasteiger charge is 2.43. The van der Waals surface area contributed by atoms with Gasteiger partial charge in [-0.25, -0.2) is 9.59 Å². The molecule has 0 fully saturated rings. The van der Waals surface area contributed by atoms with Gasteiger partial charge in [0, 0.05) is 28.0 Å².